The Bertz CT molecular complexity index is 1110. The number of hydrogen-bond donors (Lipinski definition) is 2. The molecule has 0 radical (unpaired) electrons. The lowest BCUT2D eigenvalue weighted by molar-refractivity contribution is -0.123. The monoisotopic (exact) mass is 518 g/mol. The predicted octanol–water partition coefficient (Wildman–Crippen LogP) is 4.85. The van der Waals surface area contributed by atoms with Crippen LogP contribution in [-0.2, 0) is 15.0 Å². The van der Waals surface area contributed by atoms with Gasteiger partial charge in [-0.2, -0.15) is 0 Å². The van der Waals surface area contributed by atoms with Crippen molar-refractivity contribution in [3.05, 3.63) is 65.7 Å². The van der Waals surface area contributed by atoms with E-state index in [9.17, 15) is 14.4 Å². The number of anilines is 1. The number of amides is 4. The molecule has 38 heavy (non-hydrogen) atoms. The molecule has 1 unspecified atom stereocenters. The molecule has 1 fully saturated rings. The highest BCUT2D eigenvalue weighted by atomic mass is 16.2. The molecule has 4 amide bonds. The summed E-state index contributed by atoms with van der Waals surface area (Å²) in [6, 6.07) is 17.2. The number of likely N-dealkylation sites (tertiary alicyclic amines) is 1. The minimum absolute atomic E-state index is 0.0543. The Morgan fingerprint density at radius 1 is 0.947 bits per heavy atom. The van der Waals surface area contributed by atoms with Crippen LogP contribution in [0.4, 0.5) is 10.5 Å². The summed E-state index contributed by atoms with van der Waals surface area (Å²) in [4.78, 5) is 43.4. The highest BCUT2D eigenvalue weighted by Crippen LogP contribution is 2.48. The third kappa shape index (κ3) is 5.87. The average molecular weight is 519 g/mol. The summed E-state index contributed by atoms with van der Waals surface area (Å²) in [5, 5.41) is 6.06. The molecule has 0 aromatic heterocycles. The number of para-hydroxylation sites is 1. The SMILES string of the molecule is CC(C)C[C@H](NC(=O)N1CCCCCC1)C(=O)NCCCC1(c2ccccc2)C(=O)N(C)c2ccccc21. The van der Waals surface area contributed by atoms with E-state index in [4.69, 9.17) is 0 Å². The highest BCUT2D eigenvalue weighted by Gasteiger charge is 2.50. The summed E-state index contributed by atoms with van der Waals surface area (Å²) >= 11 is 0. The van der Waals surface area contributed by atoms with Crippen molar-refractivity contribution in [2.24, 2.45) is 5.92 Å². The largest absolute Gasteiger partial charge is 0.354 e. The van der Waals surface area contributed by atoms with Crippen molar-refractivity contribution >= 4 is 23.5 Å². The molecule has 2 aromatic rings. The minimum Gasteiger partial charge on any atom is -0.354 e. The summed E-state index contributed by atoms with van der Waals surface area (Å²) in [6.45, 7) is 6.03. The van der Waals surface area contributed by atoms with Gasteiger partial charge in [0.15, 0.2) is 0 Å². The fourth-order valence-electron chi connectivity index (χ4n) is 5.93. The zero-order chi connectivity index (χ0) is 27.1. The molecule has 2 aliphatic heterocycles. The van der Waals surface area contributed by atoms with Crippen LogP contribution in [0.5, 0.6) is 0 Å². The summed E-state index contributed by atoms with van der Waals surface area (Å²) in [5.74, 6) is 0.157. The van der Waals surface area contributed by atoms with E-state index in [1.54, 1.807) is 4.90 Å². The average Bonchev–Trinajstić information content (AvgIpc) is 3.10. The first-order valence-electron chi connectivity index (χ1n) is 14.1. The quantitative estimate of drug-likeness (QED) is 0.466. The van der Waals surface area contributed by atoms with E-state index in [0.29, 0.717) is 25.8 Å². The molecule has 4 rings (SSSR count). The van der Waals surface area contributed by atoms with Gasteiger partial charge in [0, 0.05) is 32.4 Å². The maximum absolute atomic E-state index is 13.7. The van der Waals surface area contributed by atoms with Gasteiger partial charge < -0.3 is 20.4 Å². The van der Waals surface area contributed by atoms with Gasteiger partial charge in [0.25, 0.3) is 0 Å². The van der Waals surface area contributed by atoms with Crippen LogP contribution >= 0.6 is 0 Å². The van der Waals surface area contributed by atoms with Crippen molar-refractivity contribution in [1.29, 1.82) is 0 Å². The van der Waals surface area contributed by atoms with Crippen LogP contribution in [-0.4, -0.2) is 55.5 Å². The molecule has 1 saturated heterocycles. The molecule has 7 nitrogen and oxygen atoms in total. The lowest BCUT2D eigenvalue weighted by Crippen LogP contribution is -2.52. The Morgan fingerprint density at radius 2 is 1.61 bits per heavy atom. The number of rotatable bonds is 9. The van der Waals surface area contributed by atoms with Crippen molar-refractivity contribution in [2.75, 3.05) is 31.6 Å². The molecule has 2 aromatic carbocycles. The maximum Gasteiger partial charge on any atom is 0.318 e. The number of fused-ring (bicyclic) bond motifs is 1. The molecular formula is C31H42N4O3. The number of hydrogen-bond acceptors (Lipinski definition) is 3. The molecule has 7 heteroatoms. The van der Waals surface area contributed by atoms with Gasteiger partial charge in [0.05, 0.1) is 0 Å². The first kappa shape index (κ1) is 27.7. The number of carbonyl (C=O) groups is 3. The van der Waals surface area contributed by atoms with Gasteiger partial charge >= 0.3 is 6.03 Å². The van der Waals surface area contributed by atoms with Crippen molar-refractivity contribution < 1.29 is 14.4 Å². The Balaban J connectivity index is 1.43. The number of urea groups is 1. The Kier molecular flexibility index (Phi) is 9.08. The van der Waals surface area contributed by atoms with E-state index in [0.717, 1.165) is 55.6 Å². The number of nitrogens with one attached hydrogen (secondary N) is 2. The summed E-state index contributed by atoms with van der Waals surface area (Å²) in [7, 11) is 1.83. The second kappa shape index (κ2) is 12.5. The molecule has 2 heterocycles. The van der Waals surface area contributed by atoms with Crippen LogP contribution in [0, 0.1) is 5.92 Å². The van der Waals surface area contributed by atoms with E-state index in [-0.39, 0.29) is 23.8 Å². The second-order valence-corrected chi connectivity index (χ2v) is 11.1. The highest BCUT2D eigenvalue weighted by molar-refractivity contribution is 6.10. The van der Waals surface area contributed by atoms with Gasteiger partial charge in [-0.15, -0.1) is 0 Å². The molecule has 2 atom stereocenters. The third-order valence-electron chi connectivity index (χ3n) is 7.90. The van der Waals surface area contributed by atoms with Crippen LogP contribution in [0.1, 0.15) is 69.9 Å². The molecule has 204 valence electrons. The zero-order valence-corrected chi connectivity index (χ0v) is 23.0. The minimum atomic E-state index is -0.782. The summed E-state index contributed by atoms with van der Waals surface area (Å²) in [5.41, 5.74) is 2.12. The van der Waals surface area contributed by atoms with Crippen LogP contribution in [0.25, 0.3) is 0 Å². The van der Waals surface area contributed by atoms with Crippen LogP contribution in [0.3, 0.4) is 0 Å². The summed E-state index contributed by atoms with van der Waals surface area (Å²) < 4.78 is 0. The van der Waals surface area contributed by atoms with Crippen LogP contribution in [0.15, 0.2) is 54.6 Å². The standard InChI is InChI=1S/C31H42N4O3/c1-23(2)22-26(33-30(38)35-20-11-4-5-12-21-35)28(36)32-19-13-18-31(24-14-7-6-8-15-24)25-16-9-10-17-27(25)34(3)29(31)37/h6-10,14-17,23,26H,4-5,11-13,18-22H2,1-3H3,(H,32,36)(H,33,38)/t26-,31?/m0/s1. The van der Waals surface area contributed by atoms with Crippen LogP contribution in [0.2, 0.25) is 0 Å². The molecular weight excluding hydrogens is 476 g/mol. The normalized spacial score (nSPS) is 20.2. The van der Waals surface area contributed by atoms with Crippen molar-refractivity contribution in [3.8, 4) is 0 Å². The van der Waals surface area contributed by atoms with Crippen molar-refractivity contribution in [2.45, 2.75) is 70.3 Å². The Labute approximate surface area is 227 Å². The first-order valence-corrected chi connectivity index (χ1v) is 14.1. The summed E-state index contributed by atoms with van der Waals surface area (Å²) in [6.07, 6.45) is 6.09. The molecule has 2 aliphatic rings. The lowest BCUT2D eigenvalue weighted by atomic mass is 9.72. The van der Waals surface area contributed by atoms with Crippen molar-refractivity contribution in [1.82, 2.24) is 15.5 Å². The van der Waals surface area contributed by atoms with E-state index in [1.807, 2.05) is 66.5 Å². The topological polar surface area (TPSA) is 81.8 Å². The van der Waals surface area contributed by atoms with E-state index < -0.39 is 11.5 Å². The van der Waals surface area contributed by atoms with E-state index in [2.05, 4.69) is 24.5 Å². The first-order chi connectivity index (χ1) is 18.3. The predicted molar refractivity (Wildman–Crippen MR) is 151 cm³/mol. The van der Waals surface area contributed by atoms with E-state index >= 15 is 0 Å². The molecule has 2 N–H and O–H groups in total. The lowest BCUT2D eigenvalue weighted by Gasteiger charge is -2.29. The van der Waals surface area contributed by atoms with Gasteiger partial charge in [0.1, 0.15) is 11.5 Å². The number of nitrogens with zero attached hydrogens (tertiary/aromatic N) is 2. The third-order valence-corrected chi connectivity index (χ3v) is 7.90. The maximum atomic E-state index is 13.7. The van der Waals surface area contributed by atoms with Gasteiger partial charge in [-0.3, -0.25) is 9.59 Å². The van der Waals surface area contributed by atoms with Gasteiger partial charge in [-0.25, -0.2) is 4.79 Å². The van der Waals surface area contributed by atoms with Gasteiger partial charge in [-0.05, 0) is 55.2 Å². The van der Waals surface area contributed by atoms with Crippen molar-refractivity contribution in [3.63, 3.8) is 0 Å². The second-order valence-electron chi connectivity index (χ2n) is 11.1. The van der Waals surface area contributed by atoms with E-state index in [1.165, 1.54) is 0 Å². The van der Waals surface area contributed by atoms with Gasteiger partial charge in [-0.1, -0.05) is 75.2 Å². The fraction of sp³-hybridized carbons (Fsp3) is 0.516. The Hall–Kier alpha value is -3.35. The number of likely N-dealkylation sites (N-methyl/N-ethyl adjacent to an activating group) is 1. The molecule has 0 spiro atoms. The molecule has 0 saturated carbocycles. The zero-order valence-electron chi connectivity index (χ0n) is 23.0. The number of carbonyl (C=O) groups excluding carboxylic acids is 3. The molecule has 0 bridgehead atoms. The smallest absolute Gasteiger partial charge is 0.318 e. The number of benzene rings is 2. The Morgan fingerprint density at radius 3 is 2.29 bits per heavy atom. The van der Waals surface area contributed by atoms with Gasteiger partial charge in [0.2, 0.25) is 11.8 Å². The fourth-order valence-corrected chi connectivity index (χ4v) is 5.93. The molecule has 0 aliphatic carbocycles. The van der Waals surface area contributed by atoms with Crippen LogP contribution < -0.4 is 15.5 Å².